The van der Waals surface area contributed by atoms with Gasteiger partial charge in [-0.25, -0.2) is 4.39 Å². The summed E-state index contributed by atoms with van der Waals surface area (Å²) in [7, 11) is 0. The summed E-state index contributed by atoms with van der Waals surface area (Å²) in [5, 5.41) is 0. The molecule has 2 fully saturated rings. The highest BCUT2D eigenvalue weighted by molar-refractivity contribution is 5.77. The van der Waals surface area contributed by atoms with Crippen LogP contribution < -0.4 is 9.47 Å². The lowest BCUT2D eigenvalue weighted by Crippen LogP contribution is -2.29. The van der Waals surface area contributed by atoms with Crippen molar-refractivity contribution in [2.75, 3.05) is 26.4 Å². The Bertz CT molecular complexity index is 592. The van der Waals surface area contributed by atoms with Crippen LogP contribution in [-0.4, -0.2) is 43.8 Å². The maximum atomic E-state index is 12.5. The second-order valence-electron chi connectivity index (χ2n) is 6.30. The normalized spacial score (nSPS) is 20.5. The lowest BCUT2D eigenvalue weighted by molar-refractivity contribution is -0.131. The number of rotatable bonds is 7. The largest absolute Gasteiger partial charge is 0.489 e. The smallest absolute Gasteiger partial charge is 0.387 e. The standard InChI is InChI=1S/C17H20F3NO3/c18-8-16(22)21-6-5-13(9-21)12-3-4-14(24-17(19)20)15(7-12)23-10-11-1-2-11/h3-4,7,11,13,17H,1-2,5-6,8-10H2. The minimum atomic E-state index is -2.91. The molecule has 4 nitrogen and oxygen atoms in total. The molecule has 1 unspecified atom stereocenters. The molecule has 0 aromatic heterocycles. The van der Waals surface area contributed by atoms with Crippen LogP contribution in [0.1, 0.15) is 30.7 Å². The maximum absolute atomic E-state index is 12.5. The number of hydrogen-bond acceptors (Lipinski definition) is 3. The molecule has 132 valence electrons. The summed E-state index contributed by atoms with van der Waals surface area (Å²) in [6, 6.07) is 4.88. The van der Waals surface area contributed by atoms with E-state index in [4.69, 9.17) is 4.74 Å². The van der Waals surface area contributed by atoms with E-state index in [0.29, 0.717) is 37.8 Å². The van der Waals surface area contributed by atoms with E-state index in [1.807, 2.05) is 0 Å². The van der Waals surface area contributed by atoms with E-state index in [1.54, 1.807) is 12.1 Å². The lowest BCUT2D eigenvalue weighted by Gasteiger charge is -2.17. The Balaban J connectivity index is 1.73. The fourth-order valence-electron chi connectivity index (χ4n) is 2.92. The van der Waals surface area contributed by atoms with Gasteiger partial charge in [0, 0.05) is 19.0 Å². The van der Waals surface area contributed by atoms with Gasteiger partial charge in [0.1, 0.15) is 0 Å². The fraction of sp³-hybridized carbons (Fsp3) is 0.588. The summed E-state index contributed by atoms with van der Waals surface area (Å²) < 4.78 is 47.7. The van der Waals surface area contributed by atoms with E-state index < -0.39 is 19.2 Å². The van der Waals surface area contributed by atoms with Crippen molar-refractivity contribution in [1.29, 1.82) is 0 Å². The van der Waals surface area contributed by atoms with Crippen LogP contribution in [0.5, 0.6) is 11.5 Å². The first-order chi connectivity index (χ1) is 11.6. The summed E-state index contributed by atoms with van der Waals surface area (Å²) in [5.41, 5.74) is 0.886. The van der Waals surface area contributed by atoms with Gasteiger partial charge in [0.15, 0.2) is 18.2 Å². The molecule has 0 radical (unpaired) electrons. The highest BCUT2D eigenvalue weighted by Gasteiger charge is 2.28. The molecule has 1 saturated carbocycles. The number of alkyl halides is 3. The van der Waals surface area contributed by atoms with E-state index in [1.165, 1.54) is 11.0 Å². The Morgan fingerprint density at radius 2 is 2.04 bits per heavy atom. The average Bonchev–Trinajstić information content (AvgIpc) is 3.27. The Morgan fingerprint density at radius 3 is 2.71 bits per heavy atom. The van der Waals surface area contributed by atoms with Gasteiger partial charge in [-0.15, -0.1) is 0 Å². The van der Waals surface area contributed by atoms with Crippen LogP contribution in [0.15, 0.2) is 18.2 Å². The first kappa shape index (κ1) is 16.9. The molecule has 0 spiro atoms. The SMILES string of the molecule is O=C(CF)N1CCC(c2ccc(OC(F)F)c(OCC3CC3)c2)C1. The number of carbonyl (C=O) groups is 1. The summed E-state index contributed by atoms with van der Waals surface area (Å²) >= 11 is 0. The first-order valence-corrected chi connectivity index (χ1v) is 8.12. The molecule has 1 aromatic carbocycles. The summed E-state index contributed by atoms with van der Waals surface area (Å²) in [6.07, 6.45) is 2.89. The topological polar surface area (TPSA) is 38.8 Å². The predicted octanol–water partition coefficient (Wildman–Crippen LogP) is 3.36. The fourth-order valence-corrected chi connectivity index (χ4v) is 2.92. The summed E-state index contributed by atoms with van der Waals surface area (Å²) in [6.45, 7) is -2.49. The van der Waals surface area contributed by atoms with Crippen molar-refractivity contribution < 1.29 is 27.4 Å². The van der Waals surface area contributed by atoms with Crippen LogP contribution in [-0.2, 0) is 4.79 Å². The Labute approximate surface area is 138 Å². The van der Waals surface area contributed by atoms with Crippen LogP contribution in [0.3, 0.4) is 0 Å². The molecular formula is C17H20F3NO3. The number of likely N-dealkylation sites (tertiary alicyclic amines) is 1. The van der Waals surface area contributed by atoms with Crippen molar-refractivity contribution in [1.82, 2.24) is 4.90 Å². The molecule has 1 atom stereocenters. The number of carbonyl (C=O) groups excluding carboxylic acids is 1. The zero-order chi connectivity index (χ0) is 17.1. The van der Waals surface area contributed by atoms with Gasteiger partial charge in [0.25, 0.3) is 5.91 Å². The molecule has 0 N–H and O–H groups in total. The number of ether oxygens (including phenoxy) is 2. The number of amides is 1. The van der Waals surface area contributed by atoms with Gasteiger partial charge in [-0.05, 0) is 42.9 Å². The van der Waals surface area contributed by atoms with Crippen molar-refractivity contribution in [3.8, 4) is 11.5 Å². The van der Waals surface area contributed by atoms with E-state index in [2.05, 4.69) is 4.74 Å². The molecule has 3 rings (SSSR count). The van der Waals surface area contributed by atoms with Crippen LogP contribution in [0.25, 0.3) is 0 Å². The highest BCUT2D eigenvalue weighted by Crippen LogP contribution is 2.37. The molecule has 2 aliphatic rings. The highest BCUT2D eigenvalue weighted by atomic mass is 19.3. The second kappa shape index (κ2) is 7.32. The van der Waals surface area contributed by atoms with E-state index in [0.717, 1.165) is 18.4 Å². The van der Waals surface area contributed by atoms with E-state index >= 15 is 0 Å². The summed E-state index contributed by atoms with van der Waals surface area (Å²) in [4.78, 5) is 12.9. The molecule has 1 aliphatic heterocycles. The van der Waals surface area contributed by atoms with Gasteiger partial charge >= 0.3 is 6.61 Å². The van der Waals surface area contributed by atoms with Crippen molar-refractivity contribution in [3.05, 3.63) is 23.8 Å². The zero-order valence-corrected chi connectivity index (χ0v) is 13.2. The molecule has 7 heteroatoms. The molecule has 0 bridgehead atoms. The van der Waals surface area contributed by atoms with Crippen molar-refractivity contribution in [3.63, 3.8) is 0 Å². The third kappa shape index (κ3) is 4.13. The molecule has 1 aliphatic carbocycles. The molecular weight excluding hydrogens is 323 g/mol. The molecule has 1 heterocycles. The van der Waals surface area contributed by atoms with Crippen molar-refractivity contribution in [2.24, 2.45) is 5.92 Å². The van der Waals surface area contributed by atoms with Gasteiger partial charge in [-0.2, -0.15) is 8.78 Å². The quantitative estimate of drug-likeness (QED) is 0.762. The van der Waals surface area contributed by atoms with Gasteiger partial charge in [0.2, 0.25) is 0 Å². The minimum absolute atomic E-state index is 0.0177. The molecule has 1 amide bonds. The van der Waals surface area contributed by atoms with E-state index in [-0.39, 0.29) is 11.7 Å². The third-order valence-electron chi connectivity index (χ3n) is 4.48. The van der Waals surface area contributed by atoms with Crippen molar-refractivity contribution in [2.45, 2.75) is 31.8 Å². The second-order valence-corrected chi connectivity index (χ2v) is 6.30. The average molecular weight is 343 g/mol. The first-order valence-electron chi connectivity index (χ1n) is 8.12. The maximum Gasteiger partial charge on any atom is 0.387 e. The van der Waals surface area contributed by atoms with Crippen molar-refractivity contribution >= 4 is 5.91 Å². The van der Waals surface area contributed by atoms with Gasteiger partial charge in [-0.1, -0.05) is 6.07 Å². The minimum Gasteiger partial charge on any atom is -0.489 e. The number of hydrogen-bond donors (Lipinski definition) is 0. The molecule has 1 saturated heterocycles. The van der Waals surface area contributed by atoms with E-state index in [9.17, 15) is 18.0 Å². The Kier molecular flexibility index (Phi) is 5.16. The third-order valence-corrected chi connectivity index (χ3v) is 4.48. The molecule has 24 heavy (non-hydrogen) atoms. The number of nitrogens with zero attached hydrogens (tertiary/aromatic N) is 1. The van der Waals surface area contributed by atoms with Gasteiger partial charge in [0.05, 0.1) is 6.61 Å². The zero-order valence-electron chi connectivity index (χ0n) is 13.2. The monoisotopic (exact) mass is 343 g/mol. The van der Waals surface area contributed by atoms with Crippen LogP contribution in [0.4, 0.5) is 13.2 Å². The Morgan fingerprint density at radius 1 is 1.25 bits per heavy atom. The lowest BCUT2D eigenvalue weighted by atomic mass is 9.98. The van der Waals surface area contributed by atoms with Gasteiger partial charge < -0.3 is 14.4 Å². The van der Waals surface area contributed by atoms with Crippen LogP contribution in [0, 0.1) is 5.92 Å². The van der Waals surface area contributed by atoms with Crippen LogP contribution in [0.2, 0.25) is 0 Å². The number of benzene rings is 1. The Hall–Kier alpha value is -1.92. The summed E-state index contributed by atoms with van der Waals surface area (Å²) in [5.74, 6) is 0.334. The van der Waals surface area contributed by atoms with Gasteiger partial charge in [-0.3, -0.25) is 4.79 Å². The number of halogens is 3. The molecule has 1 aromatic rings. The van der Waals surface area contributed by atoms with Crippen LogP contribution >= 0.6 is 0 Å². The predicted molar refractivity (Wildman–Crippen MR) is 81.2 cm³/mol.